The fraction of sp³-hybridized carbons (Fsp3) is 0.154. The van der Waals surface area contributed by atoms with Crippen molar-refractivity contribution in [3.63, 3.8) is 0 Å². The zero-order chi connectivity index (χ0) is 22.6. The van der Waals surface area contributed by atoms with Gasteiger partial charge in [0.2, 0.25) is 5.76 Å². The van der Waals surface area contributed by atoms with E-state index in [-0.39, 0.29) is 29.5 Å². The van der Waals surface area contributed by atoms with Crippen molar-refractivity contribution in [1.82, 2.24) is 4.90 Å². The van der Waals surface area contributed by atoms with Gasteiger partial charge in [0, 0.05) is 11.0 Å². The van der Waals surface area contributed by atoms with E-state index in [9.17, 15) is 14.0 Å². The third-order valence-electron chi connectivity index (χ3n) is 5.84. The Balaban J connectivity index is 1.75. The van der Waals surface area contributed by atoms with E-state index >= 15 is 0 Å². The molecule has 0 fully saturated rings. The fourth-order valence-electron chi connectivity index (χ4n) is 4.49. The Kier molecular flexibility index (Phi) is 4.97. The first-order chi connectivity index (χ1) is 15.3. The molecule has 1 amide bonds. The third-order valence-corrected chi connectivity index (χ3v) is 6.34. The second-order valence-electron chi connectivity index (χ2n) is 8.15. The Morgan fingerprint density at radius 2 is 1.78 bits per heavy atom. The zero-order valence-corrected chi connectivity index (χ0v) is 19.1. The maximum atomic E-state index is 13.7. The number of amides is 1. The lowest BCUT2D eigenvalue weighted by Crippen LogP contribution is -2.29. The Labute approximate surface area is 192 Å². The van der Waals surface area contributed by atoms with Crippen LogP contribution in [-0.2, 0) is 6.54 Å². The SMILES string of the molecule is Cc1cc(C)c2c(=O)c3c(oc2c1)C(=O)N(Cc1ccc(F)cc1)C3c1cccc(Br)c1. The van der Waals surface area contributed by atoms with Crippen LogP contribution in [0.25, 0.3) is 11.0 Å². The van der Waals surface area contributed by atoms with Crippen LogP contribution >= 0.6 is 15.9 Å². The van der Waals surface area contributed by atoms with Crippen molar-refractivity contribution < 1.29 is 13.6 Å². The van der Waals surface area contributed by atoms with E-state index in [0.717, 1.165) is 26.7 Å². The summed E-state index contributed by atoms with van der Waals surface area (Å²) in [5, 5.41) is 0.491. The average Bonchev–Trinajstić information content (AvgIpc) is 3.01. The van der Waals surface area contributed by atoms with Gasteiger partial charge in [-0.25, -0.2) is 4.39 Å². The van der Waals surface area contributed by atoms with Crippen molar-refractivity contribution in [1.29, 1.82) is 0 Å². The first kappa shape index (κ1) is 20.6. The van der Waals surface area contributed by atoms with Crippen molar-refractivity contribution >= 4 is 32.8 Å². The number of fused-ring (bicyclic) bond motifs is 2. The molecule has 160 valence electrons. The van der Waals surface area contributed by atoms with Crippen LogP contribution in [0.5, 0.6) is 0 Å². The summed E-state index contributed by atoms with van der Waals surface area (Å²) in [5.41, 5.74) is 3.88. The summed E-state index contributed by atoms with van der Waals surface area (Å²) in [6.07, 6.45) is 0. The molecule has 5 rings (SSSR count). The predicted molar refractivity (Wildman–Crippen MR) is 124 cm³/mol. The minimum Gasteiger partial charge on any atom is -0.450 e. The molecule has 1 aliphatic rings. The minimum atomic E-state index is -0.610. The van der Waals surface area contributed by atoms with Crippen molar-refractivity contribution in [3.8, 4) is 0 Å². The lowest BCUT2D eigenvalue weighted by Gasteiger charge is -2.25. The van der Waals surface area contributed by atoms with Gasteiger partial charge in [0.1, 0.15) is 11.4 Å². The normalized spacial score (nSPS) is 15.4. The number of halogens is 2. The second kappa shape index (κ2) is 7.71. The largest absolute Gasteiger partial charge is 0.450 e. The van der Waals surface area contributed by atoms with E-state index in [0.29, 0.717) is 16.5 Å². The molecule has 0 saturated carbocycles. The Bertz CT molecular complexity index is 1440. The monoisotopic (exact) mass is 491 g/mol. The van der Waals surface area contributed by atoms with Crippen LogP contribution in [0.2, 0.25) is 0 Å². The molecule has 1 aliphatic heterocycles. The predicted octanol–water partition coefficient (Wildman–Crippen LogP) is 6.06. The van der Waals surface area contributed by atoms with E-state index in [4.69, 9.17) is 4.42 Å². The van der Waals surface area contributed by atoms with E-state index in [2.05, 4.69) is 15.9 Å². The molecule has 0 aliphatic carbocycles. The molecule has 0 saturated heterocycles. The van der Waals surface area contributed by atoms with Crippen LogP contribution in [0.15, 0.2) is 74.3 Å². The molecule has 0 bridgehead atoms. The van der Waals surface area contributed by atoms with Gasteiger partial charge in [-0.3, -0.25) is 9.59 Å². The third kappa shape index (κ3) is 3.35. The summed E-state index contributed by atoms with van der Waals surface area (Å²) >= 11 is 3.49. The minimum absolute atomic E-state index is 0.0691. The number of hydrogen-bond acceptors (Lipinski definition) is 3. The van der Waals surface area contributed by atoms with Crippen molar-refractivity contribution in [3.05, 3.63) is 115 Å². The molecule has 3 aromatic carbocycles. The van der Waals surface area contributed by atoms with Crippen LogP contribution < -0.4 is 5.43 Å². The molecular weight excluding hydrogens is 473 g/mol. The van der Waals surface area contributed by atoms with Crippen LogP contribution in [0.4, 0.5) is 4.39 Å². The quantitative estimate of drug-likeness (QED) is 0.350. The highest BCUT2D eigenvalue weighted by atomic mass is 79.9. The molecule has 32 heavy (non-hydrogen) atoms. The molecule has 6 heteroatoms. The number of rotatable bonds is 3. The first-order valence-corrected chi connectivity index (χ1v) is 11.0. The van der Waals surface area contributed by atoms with Crippen LogP contribution in [-0.4, -0.2) is 10.8 Å². The molecule has 0 radical (unpaired) electrons. The lowest BCUT2D eigenvalue weighted by atomic mass is 9.97. The summed E-state index contributed by atoms with van der Waals surface area (Å²) in [5.74, 6) is -0.630. The molecule has 1 aromatic heterocycles. The van der Waals surface area contributed by atoms with Gasteiger partial charge in [0.05, 0.1) is 17.0 Å². The number of nitrogens with zero attached hydrogens (tertiary/aromatic N) is 1. The molecule has 0 N–H and O–H groups in total. The summed E-state index contributed by atoms with van der Waals surface area (Å²) in [6, 6.07) is 16.7. The highest BCUT2D eigenvalue weighted by Gasteiger charge is 2.42. The molecular formula is C26H19BrFNO3. The Morgan fingerprint density at radius 3 is 2.50 bits per heavy atom. The number of aryl methyl sites for hydroxylation is 2. The topological polar surface area (TPSA) is 50.5 Å². The van der Waals surface area contributed by atoms with Gasteiger partial charge in [-0.2, -0.15) is 0 Å². The lowest BCUT2D eigenvalue weighted by molar-refractivity contribution is 0.0714. The van der Waals surface area contributed by atoms with Crippen LogP contribution in [0, 0.1) is 19.7 Å². The van der Waals surface area contributed by atoms with Crippen LogP contribution in [0.3, 0.4) is 0 Å². The summed E-state index contributed by atoms with van der Waals surface area (Å²) in [7, 11) is 0. The number of benzene rings is 3. The maximum Gasteiger partial charge on any atom is 0.291 e. The van der Waals surface area contributed by atoms with Gasteiger partial charge in [0.25, 0.3) is 5.91 Å². The smallest absolute Gasteiger partial charge is 0.291 e. The van der Waals surface area contributed by atoms with Gasteiger partial charge >= 0.3 is 0 Å². The molecule has 1 unspecified atom stereocenters. The van der Waals surface area contributed by atoms with E-state index < -0.39 is 6.04 Å². The average molecular weight is 492 g/mol. The zero-order valence-electron chi connectivity index (χ0n) is 17.5. The number of carbonyl (C=O) groups is 1. The molecule has 0 spiro atoms. The highest BCUT2D eigenvalue weighted by Crippen LogP contribution is 2.40. The second-order valence-corrected chi connectivity index (χ2v) is 9.06. The van der Waals surface area contributed by atoms with E-state index in [1.54, 1.807) is 23.1 Å². The van der Waals surface area contributed by atoms with Crippen LogP contribution in [0.1, 0.15) is 44.4 Å². The molecule has 4 aromatic rings. The maximum absolute atomic E-state index is 13.7. The molecule has 2 heterocycles. The Hall–Kier alpha value is -3.25. The molecule has 4 nitrogen and oxygen atoms in total. The van der Waals surface area contributed by atoms with Gasteiger partial charge in [0.15, 0.2) is 5.43 Å². The van der Waals surface area contributed by atoms with Gasteiger partial charge in [-0.15, -0.1) is 0 Å². The fourth-order valence-corrected chi connectivity index (χ4v) is 4.90. The van der Waals surface area contributed by atoms with Gasteiger partial charge in [-0.1, -0.05) is 46.3 Å². The highest BCUT2D eigenvalue weighted by molar-refractivity contribution is 9.10. The summed E-state index contributed by atoms with van der Waals surface area (Å²) in [6.45, 7) is 4.01. The van der Waals surface area contributed by atoms with Crippen molar-refractivity contribution in [2.24, 2.45) is 0 Å². The van der Waals surface area contributed by atoms with E-state index in [1.165, 1.54) is 12.1 Å². The summed E-state index contributed by atoms with van der Waals surface area (Å²) < 4.78 is 20.3. The Morgan fingerprint density at radius 1 is 1.03 bits per heavy atom. The van der Waals surface area contributed by atoms with Gasteiger partial charge in [-0.05, 0) is 66.4 Å². The van der Waals surface area contributed by atoms with Crippen molar-refractivity contribution in [2.45, 2.75) is 26.4 Å². The number of hydrogen-bond donors (Lipinski definition) is 0. The standard InChI is InChI=1S/C26H19BrFNO3/c1-14-10-15(2)21-20(11-14)32-25-22(24(21)30)23(17-4-3-5-18(27)12-17)29(26(25)31)13-16-6-8-19(28)9-7-16/h3-12,23H,13H2,1-2H3. The van der Waals surface area contributed by atoms with E-state index in [1.807, 2.05) is 44.2 Å². The summed E-state index contributed by atoms with van der Waals surface area (Å²) in [4.78, 5) is 28.8. The van der Waals surface area contributed by atoms with Crippen molar-refractivity contribution in [2.75, 3.05) is 0 Å². The molecule has 1 atom stereocenters. The number of carbonyl (C=O) groups excluding carboxylic acids is 1. The van der Waals surface area contributed by atoms with Gasteiger partial charge < -0.3 is 9.32 Å². The first-order valence-electron chi connectivity index (χ1n) is 10.2.